The third-order valence-corrected chi connectivity index (χ3v) is 3.89. The zero-order valence-electron chi connectivity index (χ0n) is 13.8. The van der Waals surface area contributed by atoms with Gasteiger partial charge in [-0.05, 0) is 36.6 Å². The van der Waals surface area contributed by atoms with Crippen LogP contribution in [0.4, 0.5) is 5.69 Å². The number of carboxylic acids is 1. The predicted molar refractivity (Wildman–Crippen MR) is 88.3 cm³/mol. The van der Waals surface area contributed by atoms with Gasteiger partial charge >= 0.3 is 5.97 Å². The van der Waals surface area contributed by atoms with Crippen LogP contribution in [0.15, 0.2) is 24.3 Å². The number of anilines is 1. The van der Waals surface area contributed by atoms with Crippen molar-refractivity contribution in [3.63, 3.8) is 0 Å². The van der Waals surface area contributed by atoms with E-state index in [0.717, 1.165) is 18.7 Å². The molecule has 2 N–H and O–H groups in total. The Hall–Kier alpha value is -2.04. The molecule has 0 unspecified atom stereocenters. The molecule has 0 aliphatic carbocycles. The molecule has 0 radical (unpaired) electrons. The van der Waals surface area contributed by atoms with Gasteiger partial charge in [0.15, 0.2) is 0 Å². The first kappa shape index (κ1) is 18.0. The van der Waals surface area contributed by atoms with Crippen LogP contribution >= 0.6 is 0 Å². The van der Waals surface area contributed by atoms with E-state index in [0.29, 0.717) is 12.0 Å². The molecule has 0 spiro atoms. The second kappa shape index (κ2) is 8.41. The average Bonchev–Trinajstić information content (AvgIpc) is 2.51. The number of nitrogens with zero attached hydrogens (tertiary/aromatic N) is 1. The molecule has 0 aliphatic rings. The summed E-state index contributed by atoms with van der Waals surface area (Å²) in [5.41, 5.74) is 1.51. The van der Waals surface area contributed by atoms with Crippen LogP contribution in [-0.2, 0) is 4.79 Å². The minimum Gasteiger partial charge on any atom is -0.480 e. The number of hydrogen-bond donors (Lipinski definition) is 2. The molecule has 1 aromatic carbocycles. The molecule has 0 saturated heterocycles. The largest absolute Gasteiger partial charge is 0.480 e. The van der Waals surface area contributed by atoms with E-state index in [4.69, 9.17) is 0 Å². The van der Waals surface area contributed by atoms with E-state index in [1.165, 1.54) is 0 Å². The van der Waals surface area contributed by atoms with Crippen molar-refractivity contribution in [2.45, 2.75) is 39.7 Å². The highest BCUT2D eigenvalue weighted by atomic mass is 16.4. The predicted octanol–water partition coefficient (Wildman–Crippen LogP) is 2.76. The summed E-state index contributed by atoms with van der Waals surface area (Å²) in [4.78, 5) is 25.6. The Labute approximate surface area is 132 Å². The van der Waals surface area contributed by atoms with Gasteiger partial charge in [0.2, 0.25) is 0 Å². The van der Waals surface area contributed by atoms with Crippen molar-refractivity contribution in [1.29, 1.82) is 0 Å². The fourth-order valence-corrected chi connectivity index (χ4v) is 2.24. The van der Waals surface area contributed by atoms with E-state index in [9.17, 15) is 14.7 Å². The normalized spacial score (nSPS) is 13.3. The third-order valence-electron chi connectivity index (χ3n) is 3.89. The first-order valence-electron chi connectivity index (χ1n) is 7.75. The second-order valence-corrected chi connectivity index (χ2v) is 5.64. The Morgan fingerprint density at radius 3 is 2.27 bits per heavy atom. The fourth-order valence-electron chi connectivity index (χ4n) is 2.24. The van der Waals surface area contributed by atoms with Crippen LogP contribution in [0.3, 0.4) is 0 Å². The summed E-state index contributed by atoms with van der Waals surface area (Å²) in [6.07, 6.45) is 1.74. The maximum atomic E-state index is 12.2. The lowest BCUT2D eigenvalue weighted by molar-refractivity contribution is -0.140. The number of carboxylic acid groups (broad SMARTS) is 1. The third kappa shape index (κ3) is 4.76. The van der Waals surface area contributed by atoms with E-state index in [2.05, 4.69) is 17.1 Å². The quantitative estimate of drug-likeness (QED) is 0.775. The van der Waals surface area contributed by atoms with E-state index in [1.54, 1.807) is 12.1 Å². The zero-order valence-corrected chi connectivity index (χ0v) is 13.8. The number of aliphatic carboxylic acids is 1. The number of nitrogens with one attached hydrogen (secondary N) is 1. The van der Waals surface area contributed by atoms with Gasteiger partial charge in [0.25, 0.3) is 5.91 Å². The van der Waals surface area contributed by atoms with Crippen LogP contribution in [0.2, 0.25) is 0 Å². The van der Waals surface area contributed by atoms with Crippen molar-refractivity contribution in [2.75, 3.05) is 18.5 Å². The summed E-state index contributed by atoms with van der Waals surface area (Å²) in [6.45, 7) is 6.78. The van der Waals surface area contributed by atoms with Crippen LogP contribution in [0.25, 0.3) is 0 Å². The Morgan fingerprint density at radius 1 is 1.23 bits per heavy atom. The Kier molecular flexibility index (Phi) is 6.89. The second-order valence-electron chi connectivity index (χ2n) is 5.64. The van der Waals surface area contributed by atoms with Crippen LogP contribution in [-0.4, -0.2) is 36.6 Å². The molecule has 1 aromatic rings. The first-order chi connectivity index (χ1) is 10.4. The van der Waals surface area contributed by atoms with Crippen molar-refractivity contribution in [3.8, 4) is 0 Å². The molecule has 5 nitrogen and oxygen atoms in total. The van der Waals surface area contributed by atoms with Gasteiger partial charge in [-0.15, -0.1) is 0 Å². The fraction of sp³-hybridized carbons (Fsp3) is 0.529. The summed E-state index contributed by atoms with van der Waals surface area (Å²) in [6, 6.07) is 6.35. The summed E-state index contributed by atoms with van der Waals surface area (Å²) >= 11 is 0. The van der Waals surface area contributed by atoms with Gasteiger partial charge in [-0.2, -0.15) is 0 Å². The van der Waals surface area contributed by atoms with Gasteiger partial charge in [0.1, 0.15) is 6.04 Å². The van der Waals surface area contributed by atoms with Crippen LogP contribution in [0.1, 0.15) is 44.0 Å². The molecule has 2 atom stereocenters. The number of carbonyl (C=O) groups excluding carboxylic acids is 1. The molecule has 122 valence electrons. The molecule has 0 fully saturated rings. The van der Waals surface area contributed by atoms with Gasteiger partial charge in [-0.3, -0.25) is 4.79 Å². The lowest BCUT2D eigenvalue weighted by atomic mass is 9.99. The molecule has 5 heteroatoms. The molecule has 0 aliphatic heterocycles. The van der Waals surface area contributed by atoms with Crippen LogP contribution < -0.4 is 10.2 Å². The van der Waals surface area contributed by atoms with Crippen molar-refractivity contribution >= 4 is 17.6 Å². The number of benzene rings is 1. The molecular weight excluding hydrogens is 280 g/mol. The number of rotatable bonds is 8. The lowest BCUT2D eigenvalue weighted by Gasteiger charge is -2.21. The van der Waals surface area contributed by atoms with Crippen molar-refractivity contribution in [1.82, 2.24) is 5.32 Å². The van der Waals surface area contributed by atoms with E-state index >= 15 is 0 Å². The highest BCUT2D eigenvalue weighted by Gasteiger charge is 2.25. The van der Waals surface area contributed by atoms with Crippen molar-refractivity contribution in [2.24, 2.45) is 5.92 Å². The maximum Gasteiger partial charge on any atom is 0.326 e. The van der Waals surface area contributed by atoms with Gasteiger partial charge in [0.05, 0.1) is 0 Å². The SMILES string of the molecule is CCCN(C)c1ccc(C(=O)N[C@H](C(=O)O)[C@@H](C)CC)cc1. The smallest absolute Gasteiger partial charge is 0.326 e. The average molecular weight is 306 g/mol. The van der Waals surface area contributed by atoms with E-state index < -0.39 is 12.0 Å². The molecular formula is C17H26N2O3. The number of hydrogen-bond acceptors (Lipinski definition) is 3. The maximum absolute atomic E-state index is 12.2. The number of carbonyl (C=O) groups is 2. The molecule has 1 amide bonds. The van der Waals surface area contributed by atoms with Gasteiger partial charge in [-0.1, -0.05) is 27.2 Å². The molecule has 0 heterocycles. The van der Waals surface area contributed by atoms with Gasteiger partial charge in [0, 0.05) is 24.8 Å². The van der Waals surface area contributed by atoms with Gasteiger partial charge < -0.3 is 15.3 Å². The standard InChI is InChI=1S/C17H26N2O3/c1-5-11-19(4)14-9-7-13(8-10-14)16(20)18-15(17(21)22)12(3)6-2/h7-10,12,15H,5-6,11H2,1-4H3,(H,18,20)(H,21,22)/t12-,15-/m0/s1. The molecule has 1 rings (SSSR count). The Bertz CT molecular complexity index is 499. The minimum atomic E-state index is -0.998. The molecule has 0 saturated carbocycles. The summed E-state index contributed by atoms with van der Waals surface area (Å²) < 4.78 is 0. The van der Waals surface area contributed by atoms with Gasteiger partial charge in [-0.25, -0.2) is 4.79 Å². The summed E-state index contributed by atoms with van der Waals surface area (Å²) in [5.74, 6) is -1.46. The topological polar surface area (TPSA) is 69.6 Å². The van der Waals surface area contributed by atoms with Crippen molar-refractivity contribution < 1.29 is 14.7 Å². The number of amides is 1. The zero-order chi connectivity index (χ0) is 16.7. The Balaban J connectivity index is 2.79. The monoisotopic (exact) mass is 306 g/mol. The molecule has 0 aromatic heterocycles. The molecule has 0 bridgehead atoms. The van der Waals surface area contributed by atoms with Crippen LogP contribution in [0.5, 0.6) is 0 Å². The van der Waals surface area contributed by atoms with Crippen LogP contribution in [0, 0.1) is 5.92 Å². The van der Waals surface area contributed by atoms with E-state index in [-0.39, 0.29) is 11.8 Å². The van der Waals surface area contributed by atoms with E-state index in [1.807, 2.05) is 33.0 Å². The first-order valence-corrected chi connectivity index (χ1v) is 7.75. The summed E-state index contributed by atoms with van der Waals surface area (Å²) in [7, 11) is 2.00. The molecule has 22 heavy (non-hydrogen) atoms. The summed E-state index contributed by atoms with van der Waals surface area (Å²) in [5, 5.41) is 11.8. The highest BCUT2D eigenvalue weighted by molar-refractivity contribution is 5.96. The highest BCUT2D eigenvalue weighted by Crippen LogP contribution is 2.15. The lowest BCUT2D eigenvalue weighted by Crippen LogP contribution is -2.45. The minimum absolute atomic E-state index is 0.114. The van der Waals surface area contributed by atoms with Crippen molar-refractivity contribution in [3.05, 3.63) is 29.8 Å². The Morgan fingerprint density at radius 2 is 1.82 bits per heavy atom.